The van der Waals surface area contributed by atoms with E-state index in [1.54, 1.807) is 13.8 Å². The summed E-state index contributed by atoms with van der Waals surface area (Å²) in [7, 11) is 0. The van der Waals surface area contributed by atoms with Gasteiger partial charge in [0.1, 0.15) is 6.04 Å². The molecule has 0 fully saturated rings. The van der Waals surface area contributed by atoms with Crippen molar-refractivity contribution < 1.29 is 27.5 Å². The number of alkyl halides is 3. The predicted octanol–water partition coefficient (Wildman–Crippen LogP) is 4.44. The van der Waals surface area contributed by atoms with Crippen molar-refractivity contribution in [3.8, 4) is 0 Å². The molecule has 0 heterocycles. The SMILES string of the molecule is CC(C)CCCOC(=O)C(NC(=O)c1cccc(C(F)(F)F)c1)C(C)C. The minimum atomic E-state index is -4.54. The maximum absolute atomic E-state index is 12.8. The second-order valence-electron chi connectivity index (χ2n) is 6.98. The molecule has 1 aromatic carbocycles. The number of halogens is 3. The van der Waals surface area contributed by atoms with Gasteiger partial charge < -0.3 is 10.1 Å². The molecule has 0 saturated carbocycles. The largest absolute Gasteiger partial charge is 0.464 e. The topological polar surface area (TPSA) is 55.4 Å². The number of amides is 1. The first kappa shape index (κ1) is 22.0. The van der Waals surface area contributed by atoms with Crippen LogP contribution in [0.3, 0.4) is 0 Å². The molecule has 146 valence electrons. The third-order valence-electron chi connectivity index (χ3n) is 3.83. The summed E-state index contributed by atoms with van der Waals surface area (Å²) in [5.74, 6) is -1.09. The van der Waals surface area contributed by atoms with Gasteiger partial charge in [-0.3, -0.25) is 4.79 Å². The molecular formula is C19H26F3NO3. The van der Waals surface area contributed by atoms with Crippen molar-refractivity contribution in [2.45, 2.75) is 52.8 Å². The van der Waals surface area contributed by atoms with Gasteiger partial charge in [-0.2, -0.15) is 13.2 Å². The monoisotopic (exact) mass is 373 g/mol. The Labute approximate surface area is 152 Å². The summed E-state index contributed by atoms with van der Waals surface area (Å²) in [6.45, 7) is 7.83. The predicted molar refractivity (Wildman–Crippen MR) is 92.6 cm³/mol. The van der Waals surface area contributed by atoms with Gasteiger partial charge in [-0.15, -0.1) is 0 Å². The highest BCUT2D eigenvalue weighted by Gasteiger charge is 2.31. The van der Waals surface area contributed by atoms with Gasteiger partial charge in [0.05, 0.1) is 12.2 Å². The van der Waals surface area contributed by atoms with E-state index >= 15 is 0 Å². The minimum Gasteiger partial charge on any atom is -0.464 e. The average Bonchev–Trinajstić information content (AvgIpc) is 2.55. The molecule has 26 heavy (non-hydrogen) atoms. The van der Waals surface area contributed by atoms with Crippen molar-refractivity contribution in [2.75, 3.05) is 6.61 Å². The maximum Gasteiger partial charge on any atom is 0.416 e. The van der Waals surface area contributed by atoms with Crippen LogP contribution in [0.5, 0.6) is 0 Å². The molecule has 0 radical (unpaired) electrons. The molecule has 4 nitrogen and oxygen atoms in total. The standard InChI is InChI=1S/C19H26F3NO3/c1-12(2)7-6-10-26-18(25)16(13(3)4)23-17(24)14-8-5-9-15(11-14)19(20,21)22/h5,8-9,11-13,16H,6-7,10H2,1-4H3,(H,23,24). The van der Waals surface area contributed by atoms with E-state index in [9.17, 15) is 22.8 Å². The molecule has 0 spiro atoms. The Balaban J connectivity index is 2.75. The van der Waals surface area contributed by atoms with Crippen molar-refractivity contribution in [2.24, 2.45) is 11.8 Å². The molecule has 0 aromatic heterocycles. The van der Waals surface area contributed by atoms with Crippen LogP contribution in [0, 0.1) is 11.8 Å². The number of benzene rings is 1. The zero-order valence-electron chi connectivity index (χ0n) is 15.5. The normalized spacial score (nSPS) is 13.0. The van der Waals surface area contributed by atoms with E-state index in [4.69, 9.17) is 4.74 Å². The summed E-state index contributed by atoms with van der Waals surface area (Å²) >= 11 is 0. The summed E-state index contributed by atoms with van der Waals surface area (Å²) in [6.07, 6.45) is -2.91. The van der Waals surface area contributed by atoms with Gasteiger partial charge in [0, 0.05) is 5.56 Å². The number of ether oxygens (including phenoxy) is 1. The van der Waals surface area contributed by atoms with E-state index in [0.717, 1.165) is 31.0 Å². The molecule has 1 rings (SSSR count). The van der Waals surface area contributed by atoms with Crippen LogP contribution in [0.1, 0.15) is 56.5 Å². The molecule has 0 bridgehead atoms. The molecule has 1 unspecified atom stereocenters. The quantitative estimate of drug-likeness (QED) is 0.541. The van der Waals surface area contributed by atoms with E-state index in [0.29, 0.717) is 5.92 Å². The van der Waals surface area contributed by atoms with E-state index < -0.39 is 29.7 Å². The Morgan fingerprint density at radius 3 is 2.35 bits per heavy atom. The molecule has 1 amide bonds. The lowest BCUT2D eigenvalue weighted by molar-refractivity contribution is -0.147. The van der Waals surface area contributed by atoms with Crippen LogP contribution in [-0.4, -0.2) is 24.5 Å². The first-order valence-corrected chi connectivity index (χ1v) is 8.67. The van der Waals surface area contributed by atoms with Crippen LogP contribution in [-0.2, 0) is 15.7 Å². The zero-order chi connectivity index (χ0) is 19.9. The van der Waals surface area contributed by atoms with Gasteiger partial charge in [0.2, 0.25) is 0 Å². The van der Waals surface area contributed by atoms with Crippen molar-refractivity contribution in [1.29, 1.82) is 0 Å². The number of hydrogen-bond donors (Lipinski definition) is 1. The highest BCUT2D eigenvalue weighted by atomic mass is 19.4. The smallest absolute Gasteiger partial charge is 0.416 e. The Morgan fingerprint density at radius 1 is 1.15 bits per heavy atom. The highest BCUT2D eigenvalue weighted by molar-refractivity contribution is 5.97. The van der Waals surface area contributed by atoms with Crippen LogP contribution < -0.4 is 5.32 Å². The van der Waals surface area contributed by atoms with Crippen LogP contribution in [0.2, 0.25) is 0 Å². The van der Waals surface area contributed by atoms with E-state index in [1.807, 2.05) is 0 Å². The number of hydrogen-bond acceptors (Lipinski definition) is 3. The zero-order valence-corrected chi connectivity index (χ0v) is 15.5. The lowest BCUT2D eigenvalue weighted by atomic mass is 10.0. The summed E-state index contributed by atoms with van der Waals surface area (Å²) in [5, 5.41) is 2.48. The summed E-state index contributed by atoms with van der Waals surface area (Å²) < 4.78 is 43.5. The highest BCUT2D eigenvalue weighted by Crippen LogP contribution is 2.29. The molecule has 1 atom stereocenters. The number of esters is 1. The fraction of sp³-hybridized carbons (Fsp3) is 0.579. The lowest BCUT2D eigenvalue weighted by Crippen LogP contribution is -2.45. The Hall–Kier alpha value is -2.05. The van der Waals surface area contributed by atoms with Crippen molar-refractivity contribution in [3.05, 3.63) is 35.4 Å². The number of rotatable bonds is 8. The second kappa shape index (κ2) is 9.59. The number of carbonyl (C=O) groups excluding carboxylic acids is 2. The molecular weight excluding hydrogens is 347 g/mol. The molecule has 0 saturated heterocycles. The number of carbonyl (C=O) groups is 2. The van der Waals surface area contributed by atoms with Crippen LogP contribution in [0.25, 0.3) is 0 Å². The molecule has 0 aliphatic heterocycles. The summed E-state index contributed by atoms with van der Waals surface area (Å²) in [6, 6.07) is 3.17. The fourth-order valence-electron chi connectivity index (χ4n) is 2.31. The van der Waals surface area contributed by atoms with Gasteiger partial charge in [-0.05, 0) is 42.9 Å². The van der Waals surface area contributed by atoms with E-state index in [-0.39, 0.29) is 18.1 Å². The fourth-order valence-corrected chi connectivity index (χ4v) is 2.31. The van der Waals surface area contributed by atoms with Crippen LogP contribution in [0.4, 0.5) is 13.2 Å². The van der Waals surface area contributed by atoms with Crippen molar-refractivity contribution in [3.63, 3.8) is 0 Å². The van der Waals surface area contributed by atoms with Crippen LogP contribution in [0.15, 0.2) is 24.3 Å². The van der Waals surface area contributed by atoms with Gasteiger partial charge >= 0.3 is 12.1 Å². The molecule has 1 aromatic rings. The van der Waals surface area contributed by atoms with E-state index in [2.05, 4.69) is 19.2 Å². The molecule has 0 aliphatic carbocycles. The Kier molecular flexibility index (Phi) is 8.11. The van der Waals surface area contributed by atoms with Gasteiger partial charge in [0.25, 0.3) is 5.91 Å². The lowest BCUT2D eigenvalue weighted by Gasteiger charge is -2.21. The summed E-state index contributed by atoms with van der Waals surface area (Å²) in [4.78, 5) is 24.5. The van der Waals surface area contributed by atoms with Gasteiger partial charge in [-0.25, -0.2) is 4.79 Å². The van der Waals surface area contributed by atoms with Crippen molar-refractivity contribution >= 4 is 11.9 Å². The third-order valence-corrected chi connectivity index (χ3v) is 3.83. The molecule has 0 aliphatic rings. The van der Waals surface area contributed by atoms with Gasteiger partial charge in [0.15, 0.2) is 0 Å². The maximum atomic E-state index is 12.8. The minimum absolute atomic E-state index is 0.155. The average molecular weight is 373 g/mol. The first-order chi connectivity index (χ1) is 12.0. The third kappa shape index (κ3) is 7.06. The number of nitrogens with one attached hydrogen (secondary N) is 1. The molecule has 1 N–H and O–H groups in total. The van der Waals surface area contributed by atoms with Gasteiger partial charge in [-0.1, -0.05) is 33.8 Å². The Morgan fingerprint density at radius 2 is 1.81 bits per heavy atom. The summed E-state index contributed by atoms with van der Waals surface area (Å²) in [5.41, 5.74) is -1.07. The first-order valence-electron chi connectivity index (χ1n) is 8.67. The molecule has 7 heteroatoms. The Bertz CT molecular complexity index is 612. The van der Waals surface area contributed by atoms with E-state index in [1.165, 1.54) is 6.07 Å². The van der Waals surface area contributed by atoms with Crippen LogP contribution >= 0.6 is 0 Å². The second-order valence-corrected chi connectivity index (χ2v) is 6.98. The van der Waals surface area contributed by atoms with Crippen molar-refractivity contribution in [1.82, 2.24) is 5.32 Å².